The van der Waals surface area contributed by atoms with Gasteiger partial charge >= 0.3 is 6.61 Å². The van der Waals surface area contributed by atoms with E-state index < -0.39 is 12.8 Å². The molecule has 0 saturated heterocycles. The lowest BCUT2D eigenvalue weighted by Crippen LogP contribution is -2.47. The standard InChI is InChI=1S/C21H24F2N2O4/c1-5-12(2)25-19(24-15-9-7-6-8-14(15)20(25)26)13-10-16(27-3)18(29-21(22)23)17(11-13)28-4/h6-12,19,21,24H,5H2,1-4H3/t12-,19+/m0/s1. The first kappa shape index (κ1) is 20.7. The fraction of sp³-hybridized carbons (Fsp3) is 0.381. The third-order valence-corrected chi connectivity index (χ3v) is 5.03. The molecule has 0 radical (unpaired) electrons. The lowest BCUT2D eigenvalue weighted by molar-refractivity contribution is -0.0526. The van der Waals surface area contributed by atoms with Gasteiger partial charge in [0.1, 0.15) is 6.17 Å². The van der Waals surface area contributed by atoms with E-state index in [0.717, 1.165) is 6.42 Å². The first-order chi connectivity index (χ1) is 13.9. The Labute approximate surface area is 168 Å². The molecule has 0 fully saturated rings. The molecular weight excluding hydrogens is 382 g/mol. The van der Waals surface area contributed by atoms with E-state index >= 15 is 0 Å². The van der Waals surface area contributed by atoms with E-state index in [0.29, 0.717) is 16.8 Å². The summed E-state index contributed by atoms with van der Waals surface area (Å²) in [4.78, 5) is 15.0. The summed E-state index contributed by atoms with van der Waals surface area (Å²) in [7, 11) is 2.72. The third kappa shape index (κ3) is 3.92. The molecule has 1 N–H and O–H groups in total. The Balaban J connectivity index is 2.13. The number of alkyl halides is 2. The molecule has 1 aliphatic heterocycles. The third-order valence-electron chi connectivity index (χ3n) is 5.03. The van der Waals surface area contributed by atoms with Gasteiger partial charge in [-0.2, -0.15) is 8.78 Å². The summed E-state index contributed by atoms with van der Waals surface area (Å²) in [5.74, 6) is -0.107. The molecule has 1 aliphatic rings. The van der Waals surface area contributed by atoms with Gasteiger partial charge in [0.25, 0.3) is 5.91 Å². The number of carbonyl (C=O) groups is 1. The van der Waals surface area contributed by atoms with Crippen LogP contribution >= 0.6 is 0 Å². The van der Waals surface area contributed by atoms with Crippen LogP contribution < -0.4 is 19.5 Å². The van der Waals surface area contributed by atoms with Gasteiger partial charge < -0.3 is 24.4 Å². The van der Waals surface area contributed by atoms with Crippen molar-refractivity contribution in [1.82, 2.24) is 4.90 Å². The van der Waals surface area contributed by atoms with Crippen LogP contribution in [0.15, 0.2) is 36.4 Å². The summed E-state index contributed by atoms with van der Waals surface area (Å²) in [5, 5.41) is 3.38. The summed E-state index contributed by atoms with van der Waals surface area (Å²) in [6.45, 7) is 0.931. The Morgan fingerprint density at radius 1 is 1.14 bits per heavy atom. The van der Waals surface area contributed by atoms with Gasteiger partial charge in [0, 0.05) is 17.3 Å². The van der Waals surface area contributed by atoms with Gasteiger partial charge in [-0.25, -0.2) is 0 Å². The predicted octanol–water partition coefficient (Wildman–Crippen LogP) is 4.67. The molecule has 3 rings (SSSR count). The van der Waals surface area contributed by atoms with Crippen molar-refractivity contribution in [1.29, 1.82) is 0 Å². The van der Waals surface area contributed by atoms with Crippen molar-refractivity contribution in [2.75, 3.05) is 19.5 Å². The fourth-order valence-electron chi connectivity index (χ4n) is 3.43. The second-order valence-corrected chi connectivity index (χ2v) is 6.70. The average molecular weight is 406 g/mol. The van der Waals surface area contributed by atoms with Crippen LogP contribution in [0.4, 0.5) is 14.5 Å². The molecule has 0 spiro atoms. The van der Waals surface area contributed by atoms with Crippen LogP contribution in [-0.4, -0.2) is 37.7 Å². The summed E-state index contributed by atoms with van der Waals surface area (Å²) in [6, 6.07) is 10.4. The molecule has 2 aromatic carbocycles. The van der Waals surface area contributed by atoms with Gasteiger partial charge in [-0.05, 0) is 37.6 Å². The van der Waals surface area contributed by atoms with Gasteiger partial charge in [-0.1, -0.05) is 19.1 Å². The van der Waals surface area contributed by atoms with Crippen molar-refractivity contribution in [2.45, 2.75) is 39.1 Å². The first-order valence-corrected chi connectivity index (χ1v) is 9.30. The van der Waals surface area contributed by atoms with Gasteiger partial charge in [0.2, 0.25) is 5.75 Å². The highest BCUT2D eigenvalue weighted by atomic mass is 19.3. The Morgan fingerprint density at radius 2 is 1.76 bits per heavy atom. The number of benzene rings is 2. The Hall–Kier alpha value is -3.03. The maximum Gasteiger partial charge on any atom is 0.387 e. The van der Waals surface area contributed by atoms with E-state index in [1.807, 2.05) is 32.0 Å². The van der Waals surface area contributed by atoms with E-state index in [-0.39, 0.29) is 29.2 Å². The first-order valence-electron chi connectivity index (χ1n) is 9.30. The van der Waals surface area contributed by atoms with Gasteiger partial charge in [-0.3, -0.25) is 4.79 Å². The SMILES string of the molecule is CC[C@H](C)N1C(=O)c2ccccc2N[C@H]1c1cc(OC)c(OC(F)F)c(OC)c1. The number of carbonyl (C=O) groups excluding carboxylic acids is 1. The van der Waals surface area contributed by atoms with Crippen molar-refractivity contribution >= 4 is 11.6 Å². The zero-order chi connectivity index (χ0) is 21.1. The Kier molecular flexibility index (Phi) is 6.10. The van der Waals surface area contributed by atoms with Crippen LogP contribution in [-0.2, 0) is 0 Å². The summed E-state index contributed by atoms with van der Waals surface area (Å²) in [6.07, 6.45) is 0.211. The lowest BCUT2D eigenvalue weighted by atomic mass is 10.00. The number of anilines is 1. The molecule has 29 heavy (non-hydrogen) atoms. The molecule has 0 aliphatic carbocycles. The number of amides is 1. The zero-order valence-electron chi connectivity index (χ0n) is 16.7. The van der Waals surface area contributed by atoms with E-state index in [9.17, 15) is 13.6 Å². The second kappa shape index (κ2) is 8.55. The number of methoxy groups -OCH3 is 2. The number of para-hydroxylation sites is 1. The van der Waals surface area contributed by atoms with Crippen LogP contribution in [0.1, 0.15) is 42.4 Å². The summed E-state index contributed by atoms with van der Waals surface area (Å²) >= 11 is 0. The lowest BCUT2D eigenvalue weighted by Gasteiger charge is -2.41. The number of hydrogen-bond acceptors (Lipinski definition) is 5. The number of rotatable bonds is 7. The molecule has 0 aromatic heterocycles. The largest absolute Gasteiger partial charge is 0.493 e. The molecule has 8 heteroatoms. The smallest absolute Gasteiger partial charge is 0.387 e. The van der Waals surface area contributed by atoms with E-state index in [1.54, 1.807) is 23.1 Å². The summed E-state index contributed by atoms with van der Waals surface area (Å²) < 4.78 is 40.8. The molecule has 0 bridgehead atoms. The maximum absolute atomic E-state index is 13.2. The minimum absolute atomic E-state index is 0.0673. The van der Waals surface area contributed by atoms with Crippen LogP contribution in [0.25, 0.3) is 0 Å². The van der Waals surface area contributed by atoms with Crippen LogP contribution in [0.2, 0.25) is 0 Å². The Bertz CT molecular complexity index is 866. The highest BCUT2D eigenvalue weighted by molar-refractivity contribution is 6.01. The summed E-state index contributed by atoms with van der Waals surface area (Å²) in [5.41, 5.74) is 1.91. The average Bonchev–Trinajstić information content (AvgIpc) is 2.72. The second-order valence-electron chi connectivity index (χ2n) is 6.70. The Morgan fingerprint density at radius 3 is 2.31 bits per heavy atom. The van der Waals surface area contributed by atoms with Crippen molar-refractivity contribution < 1.29 is 27.8 Å². The van der Waals surface area contributed by atoms with Crippen LogP contribution in [0.3, 0.4) is 0 Å². The maximum atomic E-state index is 13.2. The molecule has 1 amide bonds. The molecule has 2 atom stereocenters. The number of halogens is 2. The van der Waals surface area contributed by atoms with E-state index in [4.69, 9.17) is 9.47 Å². The van der Waals surface area contributed by atoms with E-state index in [1.165, 1.54) is 14.2 Å². The molecule has 1 heterocycles. The topological polar surface area (TPSA) is 60.0 Å². The predicted molar refractivity (Wildman–Crippen MR) is 105 cm³/mol. The van der Waals surface area contributed by atoms with Crippen molar-refractivity contribution in [3.8, 4) is 17.2 Å². The molecular formula is C21H24F2N2O4. The van der Waals surface area contributed by atoms with Crippen molar-refractivity contribution in [3.05, 3.63) is 47.5 Å². The number of nitrogens with one attached hydrogen (secondary N) is 1. The molecule has 2 aromatic rings. The number of ether oxygens (including phenoxy) is 3. The number of nitrogens with zero attached hydrogens (tertiary/aromatic N) is 1. The highest BCUT2D eigenvalue weighted by Gasteiger charge is 2.36. The van der Waals surface area contributed by atoms with Gasteiger partial charge in [0.05, 0.1) is 19.8 Å². The van der Waals surface area contributed by atoms with E-state index in [2.05, 4.69) is 10.1 Å². The zero-order valence-corrected chi connectivity index (χ0v) is 16.7. The monoisotopic (exact) mass is 406 g/mol. The van der Waals surface area contributed by atoms with Gasteiger partial charge in [-0.15, -0.1) is 0 Å². The van der Waals surface area contributed by atoms with Crippen LogP contribution in [0, 0.1) is 0 Å². The highest BCUT2D eigenvalue weighted by Crippen LogP contribution is 2.43. The molecule has 6 nitrogen and oxygen atoms in total. The number of fused-ring (bicyclic) bond motifs is 1. The minimum Gasteiger partial charge on any atom is -0.493 e. The molecule has 156 valence electrons. The quantitative estimate of drug-likeness (QED) is 0.724. The molecule has 0 saturated carbocycles. The minimum atomic E-state index is -3.03. The van der Waals surface area contributed by atoms with Crippen LogP contribution in [0.5, 0.6) is 17.2 Å². The number of hydrogen-bond donors (Lipinski definition) is 1. The van der Waals surface area contributed by atoms with Crippen molar-refractivity contribution in [2.24, 2.45) is 0 Å². The molecule has 0 unspecified atom stereocenters. The normalized spacial score (nSPS) is 16.9. The fourth-order valence-corrected chi connectivity index (χ4v) is 3.43. The van der Waals surface area contributed by atoms with Crippen molar-refractivity contribution in [3.63, 3.8) is 0 Å². The van der Waals surface area contributed by atoms with Gasteiger partial charge in [0.15, 0.2) is 11.5 Å².